The van der Waals surface area contributed by atoms with Crippen LogP contribution in [0.1, 0.15) is 41.8 Å². The topological polar surface area (TPSA) is 41.5 Å². The fraction of sp³-hybridized carbons (Fsp3) is 0.444. The highest BCUT2D eigenvalue weighted by atomic mass is 32.1. The Morgan fingerprint density at radius 2 is 2.27 bits per heavy atom. The molecule has 2 atom stereocenters. The maximum absolute atomic E-state index is 10.7. The number of nitrogens with one attached hydrogen (secondary N) is 1. The minimum atomic E-state index is -0.842. The molecule has 0 radical (unpaired) electrons. The SMILES string of the molecule is Cc1ccc2c(c1)C(NCC(C)(O)c1cccs1)CCCO2. The molecule has 22 heavy (non-hydrogen) atoms. The molecule has 0 saturated heterocycles. The van der Waals surface area contributed by atoms with Crippen molar-refractivity contribution in [3.63, 3.8) is 0 Å². The Labute approximate surface area is 136 Å². The molecule has 2 unspecified atom stereocenters. The molecule has 0 amide bonds. The maximum atomic E-state index is 10.7. The van der Waals surface area contributed by atoms with Crippen LogP contribution in [0.15, 0.2) is 35.7 Å². The Kier molecular flexibility index (Phi) is 4.52. The van der Waals surface area contributed by atoms with E-state index in [4.69, 9.17) is 4.74 Å². The van der Waals surface area contributed by atoms with Crippen LogP contribution < -0.4 is 10.1 Å². The average molecular weight is 317 g/mol. The van der Waals surface area contributed by atoms with E-state index in [1.807, 2.05) is 24.4 Å². The number of thiophene rings is 1. The second kappa shape index (κ2) is 6.41. The van der Waals surface area contributed by atoms with Gasteiger partial charge in [0.1, 0.15) is 11.4 Å². The van der Waals surface area contributed by atoms with Crippen LogP contribution in [-0.2, 0) is 5.60 Å². The second-order valence-electron chi connectivity index (χ2n) is 6.22. The molecule has 3 nitrogen and oxygen atoms in total. The summed E-state index contributed by atoms with van der Waals surface area (Å²) in [4.78, 5) is 0.995. The Morgan fingerprint density at radius 3 is 3.05 bits per heavy atom. The van der Waals surface area contributed by atoms with Crippen molar-refractivity contribution < 1.29 is 9.84 Å². The molecule has 4 heteroatoms. The summed E-state index contributed by atoms with van der Waals surface area (Å²) in [6.45, 7) is 5.27. The van der Waals surface area contributed by atoms with Gasteiger partial charge in [-0.25, -0.2) is 0 Å². The number of ether oxygens (including phenoxy) is 1. The Balaban J connectivity index is 1.77. The molecule has 2 N–H and O–H groups in total. The Hall–Kier alpha value is -1.36. The smallest absolute Gasteiger partial charge is 0.124 e. The highest BCUT2D eigenvalue weighted by Gasteiger charge is 2.27. The van der Waals surface area contributed by atoms with E-state index in [9.17, 15) is 5.11 Å². The third-order valence-corrected chi connectivity index (χ3v) is 5.30. The number of hydrogen-bond acceptors (Lipinski definition) is 4. The van der Waals surface area contributed by atoms with Crippen LogP contribution in [0.4, 0.5) is 0 Å². The van der Waals surface area contributed by atoms with E-state index in [1.165, 1.54) is 11.1 Å². The predicted octanol–water partition coefficient (Wildman–Crippen LogP) is 3.77. The minimum absolute atomic E-state index is 0.226. The van der Waals surface area contributed by atoms with Crippen LogP contribution in [0.3, 0.4) is 0 Å². The van der Waals surface area contributed by atoms with Crippen molar-refractivity contribution in [3.8, 4) is 5.75 Å². The van der Waals surface area contributed by atoms with E-state index in [0.29, 0.717) is 6.54 Å². The lowest BCUT2D eigenvalue weighted by Crippen LogP contribution is -2.36. The molecule has 0 fully saturated rings. The summed E-state index contributed by atoms with van der Waals surface area (Å²) >= 11 is 1.59. The second-order valence-corrected chi connectivity index (χ2v) is 7.16. The highest BCUT2D eigenvalue weighted by molar-refractivity contribution is 7.10. The van der Waals surface area contributed by atoms with Crippen molar-refractivity contribution in [2.75, 3.05) is 13.2 Å². The average Bonchev–Trinajstić information content (AvgIpc) is 2.96. The zero-order valence-corrected chi connectivity index (χ0v) is 14.0. The number of fused-ring (bicyclic) bond motifs is 1. The summed E-state index contributed by atoms with van der Waals surface area (Å²) < 4.78 is 5.84. The number of benzene rings is 1. The molecule has 1 aliphatic rings. The molecular formula is C18H23NO2S. The van der Waals surface area contributed by atoms with Gasteiger partial charge in [-0.3, -0.25) is 0 Å². The quantitative estimate of drug-likeness (QED) is 0.902. The molecule has 2 aromatic rings. The van der Waals surface area contributed by atoms with Gasteiger partial charge in [-0.1, -0.05) is 23.8 Å². The molecule has 1 aromatic carbocycles. The van der Waals surface area contributed by atoms with Gasteiger partial charge in [0, 0.05) is 23.0 Å². The number of hydrogen-bond donors (Lipinski definition) is 2. The fourth-order valence-corrected chi connectivity index (χ4v) is 3.69. The van der Waals surface area contributed by atoms with Crippen LogP contribution in [0.2, 0.25) is 0 Å². The first kappa shape index (κ1) is 15.5. The van der Waals surface area contributed by atoms with Gasteiger partial charge >= 0.3 is 0 Å². The third-order valence-electron chi connectivity index (χ3n) is 4.18. The lowest BCUT2D eigenvalue weighted by Gasteiger charge is -2.26. The van der Waals surface area contributed by atoms with Crippen molar-refractivity contribution in [2.45, 2.75) is 38.3 Å². The lowest BCUT2D eigenvalue weighted by atomic mass is 9.98. The van der Waals surface area contributed by atoms with Crippen molar-refractivity contribution in [1.82, 2.24) is 5.32 Å². The molecule has 118 valence electrons. The number of aliphatic hydroxyl groups is 1. The number of aryl methyl sites for hydroxylation is 1. The summed E-state index contributed by atoms with van der Waals surface area (Å²) in [5, 5.41) is 16.2. The number of rotatable bonds is 4. The van der Waals surface area contributed by atoms with E-state index < -0.39 is 5.60 Å². The van der Waals surface area contributed by atoms with Gasteiger partial charge in [-0.05, 0) is 44.2 Å². The normalized spacial score (nSPS) is 20.6. The van der Waals surface area contributed by atoms with Gasteiger partial charge in [0.05, 0.1) is 6.61 Å². The molecule has 1 aliphatic heterocycles. The third kappa shape index (κ3) is 3.35. The Bertz CT molecular complexity index is 622. The van der Waals surface area contributed by atoms with E-state index in [1.54, 1.807) is 11.3 Å². The van der Waals surface area contributed by atoms with Crippen LogP contribution in [0, 0.1) is 6.92 Å². The summed E-state index contributed by atoms with van der Waals surface area (Å²) in [6.07, 6.45) is 2.05. The molecule has 0 spiro atoms. The summed E-state index contributed by atoms with van der Waals surface area (Å²) in [5.41, 5.74) is 1.60. The van der Waals surface area contributed by atoms with E-state index in [0.717, 1.165) is 30.1 Å². The first-order valence-electron chi connectivity index (χ1n) is 7.79. The standard InChI is InChI=1S/C18H23NO2S/c1-13-7-8-16-14(11-13)15(5-3-9-21-16)19-12-18(2,20)17-6-4-10-22-17/h4,6-8,10-11,15,19-20H,3,5,9,12H2,1-2H3. The van der Waals surface area contributed by atoms with Crippen LogP contribution in [0.25, 0.3) is 0 Å². The zero-order chi connectivity index (χ0) is 15.6. The zero-order valence-electron chi connectivity index (χ0n) is 13.1. The van der Waals surface area contributed by atoms with Crippen LogP contribution >= 0.6 is 11.3 Å². The van der Waals surface area contributed by atoms with Gasteiger partial charge in [0.25, 0.3) is 0 Å². The summed E-state index contributed by atoms with van der Waals surface area (Å²) in [6, 6.07) is 10.5. The molecule has 1 aromatic heterocycles. The summed E-state index contributed by atoms with van der Waals surface area (Å²) in [5.74, 6) is 0.969. The van der Waals surface area contributed by atoms with Gasteiger partial charge in [-0.2, -0.15) is 0 Å². The van der Waals surface area contributed by atoms with E-state index in [2.05, 4.69) is 30.4 Å². The van der Waals surface area contributed by atoms with E-state index in [-0.39, 0.29) is 6.04 Å². The van der Waals surface area contributed by atoms with Gasteiger partial charge in [-0.15, -0.1) is 11.3 Å². The van der Waals surface area contributed by atoms with Gasteiger partial charge in [0.2, 0.25) is 0 Å². The first-order chi connectivity index (χ1) is 10.6. The molecule has 0 bridgehead atoms. The molecular weight excluding hydrogens is 294 g/mol. The van der Waals surface area contributed by atoms with Crippen molar-refractivity contribution in [2.24, 2.45) is 0 Å². The highest BCUT2D eigenvalue weighted by Crippen LogP contribution is 2.33. The largest absolute Gasteiger partial charge is 0.493 e. The predicted molar refractivity (Wildman–Crippen MR) is 90.5 cm³/mol. The molecule has 0 saturated carbocycles. The summed E-state index contributed by atoms with van der Waals surface area (Å²) in [7, 11) is 0. The van der Waals surface area contributed by atoms with Gasteiger partial charge < -0.3 is 15.2 Å². The maximum Gasteiger partial charge on any atom is 0.124 e. The van der Waals surface area contributed by atoms with Crippen LogP contribution in [0.5, 0.6) is 5.75 Å². The Morgan fingerprint density at radius 1 is 1.41 bits per heavy atom. The monoisotopic (exact) mass is 317 g/mol. The van der Waals surface area contributed by atoms with Crippen LogP contribution in [-0.4, -0.2) is 18.3 Å². The lowest BCUT2D eigenvalue weighted by molar-refractivity contribution is 0.0571. The minimum Gasteiger partial charge on any atom is -0.493 e. The molecule has 2 heterocycles. The molecule has 3 rings (SSSR count). The first-order valence-corrected chi connectivity index (χ1v) is 8.67. The van der Waals surface area contributed by atoms with E-state index >= 15 is 0 Å². The van der Waals surface area contributed by atoms with Crippen molar-refractivity contribution in [3.05, 3.63) is 51.7 Å². The fourth-order valence-electron chi connectivity index (χ4n) is 2.90. The van der Waals surface area contributed by atoms with Gasteiger partial charge in [0.15, 0.2) is 0 Å². The van der Waals surface area contributed by atoms with Crippen molar-refractivity contribution in [1.29, 1.82) is 0 Å². The van der Waals surface area contributed by atoms with Crippen molar-refractivity contribution >= 4 is 11.3 Å². The molecule has 0 aliphatic carbocycles.